The lowest BCUT2D eigenvalue weighted by Gasteiger charge is -2.27. The normalized spacial score (nSPS) is 24.4. The number of amides is 2. The number of imide groups is 1. The summed E-state index contributed by atoms with van der Waals surface area (Å²) in [5.74, 6) is -5.95. The van der Waals surface area contributed by atoms with Crippen molar-refractivity contribution in [1.29, 1.82) is 0 Å². The quantitative estimate of drug-likeness (QED) is 0.407. The first-order valence-electron chi connectivity index (χ1n) is 11.0. The Morgan fingerprint density at radius 1 is 0.829 bits per heavy atom. The maximum absolute atomic E-state index is 14.9. The molecule has 3 aromatic carbocycles. The highest BCUT2D eigenvalue weighted by atomic mass is 35.5. The van der Waals surface area contributed by atoms with E-state index in [0.717, 1.165) is 4.90 Å². The number of fused-ring (bicyclic) bond motifs is 3. The summed E-state index contributed by atoms with van der Waals surface area (Å²) in [6.45, 7) is -0.0722. The zero-order valence-corrected chi connectivity index (χ0v) is 18.9. The third-order valence-electron chi connectivity index (χ3n) is 7.08. The Balaban J connectivity index is 1.49. The van der Waals surface area contributed by atoms with Crippen LogP contribution in [0.2, 0.25) is 5.02 Å². The van der Waals surface area contributed by atoms with Crippen LogP contribution < -0.4 is 0 Å². The smallest absolute Gasteiger partial charge is 0.237 e. The van der Waals surface area contributed by atoms with Crippen molar-refractivity contribution >= 4 is 35.0 Å². The van der Waals surface area contributed by atoms with Gasteiger partial charge >= 0.3 is 0 Å². The molecule has 2 amide bonds. The Bertz CT molecular complexity index is 1400. The predicted octanol–water partition coefficient (Wildman–Crippen LogP) is 4.17. The molecule has 2 saturated heterocycles. The zero-order valence-electron chi connectivity index (χ0n) is 18.1. The molecule has 8 heteroatoms. The zero-order chi connectivity index (χ0) is 24.5. The van der Waals surface area contributed by atoms with E-state index in [1.165, 1.54) is 30.3 Å². The molecule has 0 radical (unpaired) electrons. The van der Waals surface area contributed by atoms with Gasteiger partial charge in [0, 0.05) is 21.7 Å². The van der Waals surface area contributed by atoms with Crippen LogP contribution in [-0.4, -0.2) is 33.9 Å². The summed E-state index contributed by atoms with van der Waals surface area (Å²) < 4.78 is 20.9. The van der Waals surface area contributed by atoms with Crippen molar-refractivity contribution in [2.45, 2.75) is 18.2 Å². The molecule has 35 heavy (non-hydrogen) atoms. The van der Waals surface area contributed by atoms with Gasteiger partial charge in [0.15, 0.2) is 0 Å². The highest BCUT2D eigenvalue weighted by Gasteiger charge is 2.74. The second kappa shape index (κ2) is 7.66. The minimum absolute atomic E-state index is 0.0189. The maximum Gasteiger partial charge on any atom is 0.237 e. The molecule has 0 bridgehead atoms. The summed E-state index contributed by atoms with van der Waals surface area (Å²) in [5.41, 5.74) is -1.31. The number of hydrogen-bond acceptors (Lipinski definition) is 5. The molecule has 3 atom stereocenters. The monoisotopic (exact) mass is 489 g/mol. The van der Waals surface area contributed by atoms with E-state index >= 15 is 0 Å². The lowest BCUT2D eigenvalue weighted by Crippen LogP contribution is -2.50. The second-order valence-corrected chi connectivity index (χ2v) is 9.33. The van der Waals surface area contributed by atoms with E-state index < -0.39 is 52.7 Å². The highest BCUT2D eigenvalue weighted by Crippen LogP contribution is 2.57. The van der Waals surface area contributed by atoms with Crippen molar-refractivity contribution in [3.05, 3.63) is 106 Å². The van der Waals surface area contributed by atoms with Crippen molar-refractivity contribution < 1.29 is 28.3 Å². The lowest BCUT2D eigenvalue weighted by molar-refractivity contribution is -0.145. The van der Waals surface area contributed by atoms with Crippen molar-refractivity contribution in [3.8, 4) is 0 Å². The van der Waals surface area contributed by atoms with E-state index in [-0.39, 0.29) is 23.2 Å². The fourth-order valence-corrected chi connectivity index (χ4v) is 5.62. The van der Waals surface area contributed by atoms with Gasteiger partial charge in [-0.05, 0) is 23.8 Å². The van der Waals surface area contributed by atoms with Gasteiger partial charge in [-0.3, -0.25) is 24.1 Å². The SMILES string of the molecule is O=C1C2C(c3ccccc3F)OC3(C(=O)c4ccccc4C3=O)C2C(=O)N1Cc1ccc(Cl)cc1. The van der Waals surface area contributed by atoms with Gasteiger partial charge in [0.1, 0.15) is 5.82 Å². The van der Waals surface area contributed by atoms with Crippen LogP contribution in [0.3, 0.4) is 0 Å². The number of hydrogen-bond donors (Lipinski definition) is 0. The predicted molar refractivity (Wildman–Crippen MR) is 122 cm³/mol. The van der Waals surface area contributed by atoms with Crippen LogP contribution in [0, 0.1) is 17.7 Å². The number of benzene rings is 3. The lowest BCUT2D eigenvalue weighted by atomic mass is 9.77. The Morgan fingerprint density at radius 3 is 2.06 bits per heavy atom. The number of nitrogens with zero attached hydrogens (tertiary/aromatic N) is 1. The maximum atomic E-state index is 14.9. The summed E-state index contributed by atoms with van der Waals surface area (Å²) in [6, 6.07) is 18.5. The number of carbonyl (C=O) groups is 4. The van der Waals surface area contributed by atoms with Crippen molar-refractivity contribution in [1.82, 2.24) is 4.90 Å². The number of Topliss-reactive ketones (excluding diaryl/α,β-unsaturated/α-hetero) is 2. The molecule has 6 nitrogen and oxygen atoms in total. The molecule has 0 saturated carbocycles. The van der Waals surface area contributed by atoms with Gasteiger partial charge in [-0.25, -0.2) is 4.39 Å². The standard InChI is InChI=1S/C27H17ClFNO5/c28-15-11-9-14(10-12-15)13-30-25(33)20-21(26(30)34)27(35-22(20)18-7-3-4-8-19(18)29)23(31)16-5-1-2-6-17(16)24(27)32/h1-12,20-22H,13H2. The highest BCUT2D eigenvalue weighted by molar-refractivity contribution is 6.35. The topological polar surface area (TPSA) is 80.8 Å². The minimum Gasteiger partial charge on any atom is -0.349 e. The number of carbonyl (C=O) groups excluding carboxylic acids is 4. The first-order chi connectivity index (χ1) is 16.8. The Kier molecular flexibility index (Phi) is 4.78. The van der Waals surface area contributed by atoms with Gasteiger partial charge in [0.05, 0.1) is 24.5 Å². The van der Waals surface area contributed by atoms with E-state index in [1.807, 2.05) is 0 Å². The number of likely N-dealkylation sites (tertiary alicyclic amines) is 1. The first-order valence-corrected chi connectivity index (χ1v) is 11.4. The van der Waals surface area contributed by atoms with Crippen LogP contribution >= 0.6 is 11.6 Å². The van der Waals surface area contributed by atoms with Crippen LogP contribution in [-0.2, 0) is 20.9 Å². The van der Waals surface area contributed by atoms with E-state index in [4.69, 9.17) is 16.3 Å². The summed E-state index contributed by atoms with van der Waals surface area (Å²) >= 11 is 5.95. The number of ketones is 2. The fourth-order valence-electron chi connectivity index (χ4n) is 5.49. The van der Waals surface area contributed by atoms with Crippen molar-refractivity contribution in [3.63, 3.8) is 0 Å². The van der Waals surface area contributed by atoms with Crippen LogP contribution in [0.1, 0.15) is 37.9 Å². The second-order valence-electron chi connectivity index (χ2n) is 8.89. The molecule has 1 spiro atoms. The summed E-state index contributed by atoms with van der Waals surface area (Å²) in [6.07, 6.45) is -1.28. The van der Waals surface area contributed by atoms with E-state index in [2.05, 4.69) is 0 Å². The average Bonchev–Trinajstić information content (AvgIpc) is 3.42. The van der Waals surface area contributed by atoms with Gasteiger partial charge in [-0.15, -0.1) is 0 Å². The molecule has 3 aromatic rings. The van der Waals surface area contributed by atoms with Crippen LogP contribution in [0.4, 0.5) is 4.39 Å². The van der Waals surface area contributed by atoms with Crippen LogP contribution in [0.5, 0.6) is 0 Å². The Morgan fingerprint density at radius 2 is 1.43 bits per heavy atom. The van der Waals surface area contributed by atoms with E-state index in [9.17, 15) is 23.6 Å². The number of ether oxygens (including phenoxy) is 1. The largest absolute Gasteiger partial charge is 0.349 e. The molecule has 2 aliphatic heterocycles. The van der Waals surface area contributed by atoms with E-state index in [0.29, 0.717) is 10.6 Å². The first kappa shape index (κ1) is 21.8. The molecule has 0 N–H and O–H groups in total. The molecular formula is C27H17ClFNO5. The average molecular weight is 490 g/mol. The fraction of sp³-hybridized carbons (Fsp3) is 0.185. The van der Waals surface area contributed by atoms with Gasteiger partial charge < -0.3 is 4.74 Å². The van der Waals surface area contributed by atoms with Crippen molar-refractivity contribution in [2.24, 2.45) is 11.8 Å². The van der Waals surface area contributed by atoms with Crippen LogP contribution in [0.25, 0.3) is 0 Å². The molecular weight excluding hydrogens is 473 g/mol. The number of halogens is 2. The molecule has 0 aromatic heterocycles. The third kappa shape index (κ3) is 2.92. The van der Waals surface area contributed by atoms with Gasteiger partial charge in [-0.1, -0.05) is 66.2 Å². The van der Waals surface area contributed by atoms with Gasteiger partial charge in [-0.2, -0.15) is 0 Å². The summed E-state index contributed by atoms with van der Waals surface area (Å²) in [5, 5.41) is 0.497. The van der Waals surface area contributed by atoms with Gasteiger partial charge in [0.25, 0.3) is 0 Å². The minimum atomic E-state index is -2.22. The van der Waals surface area contributed by atoms with E-state index in [1.54, 1.807) is 42.5 Å². The molecule has 2 heterocycles. The summed E-state index contributed by atoms with van der Waals surface area (Å²) in [7, 11) is 0. The molecule has 3 unspecified atom stereocenters. The third-order valence-corrected chi connectivity index (χ3v) is 7.33. The van der Waals surface area contributed by atoms with Crippen molar-refractivity contribution in [2.75, 3.05) is 0 Å². The molecule has 174 valence electrons. The molecule has 3 aliphatic rings. The van der Waals surface area contributed by atoms with Crippen LogP contribution in [0.15, 0.2) is 72.8 Å². The molecule has 6 rings (SSSR count). The summed E-state index contributed by atoms with van der Waals surface area (Å²) in [4.78, 5) is 55.7. The van der Waals surface area contributed by atoms with Gasteiger partial charge in [0.2, 0.25) is 29.0 Å². The molecule has 2 fully saturated rings. The number of rotatable bonds is 3. The Hall–Kier alpha value is -3.68. The molecule has 1 aliphatic carbocycles. The Labute approximate surface area is 204 Å².